The second-order valence-corrected chi connectivity index (χ2v) is 7.51. The summed E-state index contributed by atoms with van der Waals surface area (Å²) in [6.07, 6.45) is 5.80. The van der Waals surface area contributed by atoms with Crippen molar-refractivity contribution in [3.8, 4) is 12.3 Å². The number of carboxylic acid groups (broad SMARTS) is 1. The summed E-state index contributed by atoms with van der Waals surface area (Å²) in [5.41, 5.74) is -0.761. The number of carbonyl (C=O) groups is 2. The van der Waals surface area contributed by atoms with Crippen LogP contribution >= 0.6 is 11.3 Å². The first-order valence-corrected chi connectivity index (χ1v) is 8.59. The van der Waals surface area contributed by atoms with E-state index in [0.29, 0.717) is 16.6 Å². The highest BCUT2D eigenvalue weighted by molar-refractivity contribution is 7.18. The van der Waals surface area contributed by atoms with Gasteiger partial charge in [0.2, 0.25) is 0 Å². The molecule has 1 amide bonds. The summed E-state index contributed by atoms with van der Waals surface area (Å²) in [4.78, 5) is 34.6. The van der Waals surface area contributed by atoms with Crippen LogP contribution in [0.4, 0.5) is 0 Å². The van der Waals surface area contributed by atoms with Crippen LogP contribution in [0.2, 0.25) is 0 Å². The number of aromatic carboxylic acids is 1. The van der Waals surface area contributed by atoms with E-state index in [4.69, 9.17) is 6.42 Å². The van der Waals surface area contributed by atoms with Gasteiger partial charge in [-0.15, -0.1) is 23.7 Å². The lowest BCUT2D eigenvalue weighted by atomic mass is 9.89. The van der Waals surface area contributed by atoms with Crippen molar-refractivity contribution in [2.24, 2.45) is 10.9 Å². The van der Waals surface area contributed by atoms with E-state index in [-0.39, 0.29) is 28.9 Å². The number of carboxylic acids is 1. The number of amides is 1. The zero-order chi connectivity index (χ0) is 18.4. The van der Waals surface area contributed by atoms with Crippen molar-refractivity contribution >= 4 is 39.3 Å². The Morgan fingerprint density at radius 1 is 1.48 bits per heavy atom. The highest BCUT2D eigenvalue weighted by Crippen LogP contribution is 2.30. The first-order valence-electron chi connectivity index (χ1n) is 7.78. The molecule has 1 atom stereocenters. The van der Waals surface area contributed by atoms with Gasteiger partial charge in [-0.1, -0.05) is 13.8 Å². The Kier molecular flexibility index (Phi) is 4.09. The van der Waals surface area contributed by atoms with Crippen molar-refractivity contribution in [3.63, 3.8) is 0 Å². The minimum atomic E-state index is -1.12. The molecule has 3 heterocycles. The third kappa shape index (κ3) is 2.79. The smallest absolute Gasteiger partial charge is 0.338 e. The Balaban J connectivity index is 2.18. The van der Waals surface area contributed by atoms with Crippen molar-refractivity contribution < 1.29 is 14.7 Å². The van der Waals surface area contributed by atoms with E-state index in [0.717, 1.165) is 4.88 Å². The average molecular weight is 355 g/mol. The van der Waals surface area contributed by atoms with Gasteiger partial charge < -0.3 is 10.4 Å². The van der Waals surface area contributed by atoms with E-state index in [1.54, 1.807) is 13.0 Å². The van der Waals surface area contributed by atoms with Gasteiger partial charge in [-0.25, -0.2) is 14.8 Å². The first kappa shape index (κ1) is 17.1. The van der Waals surface area contributed by atoms with Crippen molar-refractivity contribution in [2.45, 2.75) is 32.7 Å². The molecule has 1 unspecified atom stereocenters. The maximum atomic E-state index is 12.3. The van der Waals surface area contributed by atoms with E-state index in [1.165, 1.54) is 11.3 Å². The molecule has 0 saturated carbocycles. The number of nitrogens with one attached hydrogen (secondary N) is 1. The van der Waals surface area contributed by atoms with Crippen LogP contribution in [0.25, 0.3) is 10.2 Å². The lowest BCUT2D eigenvalue weighted by Crippen LogP contribution is -2.41. The van der Waals surface area contributed by atoms with Gasteiger partial charge in [-0.3, -0.25) is 4.79 Å². The van der Waals surface area contributed by atoms with Gasteiger partial charge in [0.05, 0.1) is 5.56 Å². The predicted octanol–water partition coefficient (Wildman–Crippen LogP) is 2.46. The Hall–Kier alpha value is -2.72. The topological polar surface area (TPSA) is 91.6 Å². The zero-order valence-electron chi connectivity index (χ0n) is 14.1. The number of rotatable bonds is 4. The Bertz CT molecular complexity index is 968. The predicted molar refractivity (Wildman–Crippen MR) is 97.0 cm³/mol. The lowest BCUT2D eigenvalue weighted by Gasteiger charge is -2.21. The zero-order valence-corrected chi connectivity index (χ0v) is 14.9. The molecule has 0 radical (unpaired) electrons. The molecule has 25 heavy (non-hydrogen) atoms. The van der Waals surface area contributed by atoms with Crippen molar-refractivity contribution in [3.05, 3.63) is 28.3 Å². The van der Waals surface area contributed by atoms with Crippen LogP contribution < -0.4 is 5.32 Å². The maximum Gasteiger partial charge on any atom is 0.338 e. The molecular formula is C18H17N3O3S. The molecule has 2 aromatic heterocycles. The second-order valence-electron chi connectivity index (χ2n) is 6.39. The van der Waals surface area contributed by atoms with E-state index >= 15 is 0 Å². The first-order chi connectivity index (χ1) is 11.8. The molecule has 1 aliphatic rings. The molecule has 1 aliphatic heterocycles. The number of pyridine rings is 1. The summed E-state index contributed by atoms with van der Waals surface area (Å²) in [5.74, 6) is 1.36. The number of carbonyl (C=O) groups excluding carboxylic acids is 1. The summed E-state index contributed by atoms with van der Waals surface area (Å²) >= 11 is 1.41. The van der Waals surface area contributed by atoms with E-state index in [9.17, 15) is 14.7 Å². The summed E-state index contributed by atoms with van der Waals surface area (Å²) < 4.78 is 0. The summed E-state index contributed by atoms with van der Waals surface area (Å²) in [7, 11) is 0. The Morgan fingerprint density at radius 2 is 2.20 bits per heavy atom. The number of aliphatic imine (C=N–C) groups is 1. The summed E-state index contributed by atoms with van der Waals surface area (Å²) in [5, 5.41) is 13.0. The third-order valence-electron chi connectivity index (χ3n) is 4.45. The molecule has 0 bridgehead atoms. The Labute approximate surface area is 149 Å². The Morgan fingerprint density at radius 3 is 2.76 bits per heavy atom. The van der Waals surface area contributed by atoms with Gasteiger partial charge >= 0.3 is 5.97 Å². The van der Waals surface area contributed by atoms with Crippen LogP contribution in [-0.2, 0) is 11.2 Å². The molecule has 0 fully saturated rings. The highest BCUT2D eigenvalue weighted by atomic mass is 32.1. The minimum Gasteiger partial charge on any atom is -0.478 e. The van der Waals surface area contributed by atoms with Crippen LogP contribution in [0.15, 0.2) is 17.1 Å². The van der Waals surface area contributed by atoms with Gasteiger partial charge in [0.25, 0.3) is 5.91 Å². The summed E-state index contributed by atoms with van der Waals surface area (Å²) in [6.45, 7) is 5.52. The van der Waals surface area contributed by atoms with Crippen LogP contribution in [0.5, 0.6) is 0 Å². The van der Waals surface area contributed by atoms with Crippen LogP contribution in [0.1, 0.15) is 41.7 Å². The number of terminal acetylenes is 1. The number of hydrogen-bond donors (Lipinski definition) is 2. The number of nitrogens with zero attached hydrogens (tertiary/aromatic N) is 2. The van der Waals surface area contributed by atoms with Gasteiger partial charge in [0, 0.05) is 16.7 Å². The molecular weight excluding hydrogens is 338 g/mol. The van der Waals surface area contributed by atoms with Crippen LogP contribution in [0.3, 0.4) is 0 Å². The number of hydrogen-bond acceptors (Lipinski definition) is 5. The summed E-state index contributed by atoms with van der Waals surface area (Å²) in [6, 6.07) is 3.40. The number of aromatic nitrogens is 1. The van der Waals surface area contributed by atoms with Gasteiger partial charge in [0.15, 0.2) is 5.84 Å². The van der Waals surface area contributed by atoms with E-state index < -0.39 is 11.5 Å². The fraction of sp³-hybridized carbons (Fsp3) is 0.333. The molecule has 2 N–H and O–H groups in total. The van der Waals surface area contributed by atoms with Gasteiger partial charge in [-0.2, -0.15) is 0 Å². The molecule has 3 rings (SSSR count). The SMILES string of the molecule is C#CCc1cc2cc(C(=O)O)c(C3=NC(C)(C(C)C)C(=O)N3)nc2s1. The highest BCUT2D eigenvalue weighted by Gasteiger charge is 2.43. The molecule has 0 aromatic carbocycles. The van der Waals surface area contributed by atoms with Gasteiger partial charge in [0.1, 0.15) is 16.1 Å². The van der Waals surface area contributed by atoms with E-state index in [2.05, 4.69) is 21.2 Å². The molecule has 0 spiro atoms. The monoisotopic (exact) mass is 355 g/mol. The molecule has 0 aliphatic carbocycles. The molecule has 2 aromatic rings. The van der Waals surface area contributed by atoms with Crippen LogP contribution in [-0.4, -0.2) is 33.3 Å². The minimum absolute atomic E-state index is 0.00427. The number of thiophene rings is 1. The maximum absolute atomic E-state index is 12.3. The lowest BCUT2D eigenvalue weighted by molar-refractivity contribution is -0.124. The molecule has 7 heteroatoms. The molecule has 128 valence electrons. The van der Waals surface area contributed by atoms with Gasteiger partial charge in [-0.05, 0) is 25.0 Å². The normalized spacial score (nSPS) is 19.8. The fourth-order valence-electron chi connectivity index (χ4n) is 2.60. The second kappa shape index (κ2) is 5.97. The number of amidine groups is 1. The fourth-order valence-corrected chi connectivity index (χ4v) is 3.57. The van der Waals surface area contributed by atoms with Crippen LogP contribution in [0, 0.1) is 18.3 Å². The standard InChI is InChI=1S/C18H17N3O3S/c1-5-6-11-7-10-8-12(16(22)23)13(19-15(10)25-11)14-20-17(24)18(4,21-14)9(2)3/h1,7-9H,6H2,2-4H3,(H,22,23)(H,20,21,24). The average Bonchev–Trinajstić information content (AvgIpc) is 3.07. The third-order valence-corrected chi connectivity index (χ3v) is 5.50. The van der Waals surface area contributed by atoms with Crippen molar-refractivity contribution in [2.75, 3.05) is 0 Å². The van der Waals surface area contributed by atoms with Crippen molar-refractivity contribution in [1.29, 1.82) is 0 Å². The quantitative estimate of drug-likeness (QED) is 0.824. The van der Waals surface area contributed by atoms with Crippen molar-refractivity contribution in [1.82, 2.24) is 10.3 Å². The molecule has 6 nitrogen and oxygen atoms in total. The molecule has 0 saturated heterocycles. The van der Waals surface area contributed by atoms with E-state index in [1.807, 2.05) is 19.9 Å². The number of fused-ring (bicyclic) bond motifs is 1. The largest absolute Gasteiger partial charge is 0.478 e.